The van der Waals surface area contributed by atoms with Crippen molar-refractivity contribution >= 4 is 22.9 Å². The van der Waals surface area contributed by atoms with Crippen molar-refractivity contribution in [3.8, 4) is 5.75 Å². The zero-order chi connectivity index (χ0) is 13.3. The molecule has 1 heterocycles. The van der Waals surface area contributed by atoms with Gasteiger partial charge in [0, 0.05) is 24.7 Å². The summed E-state index contributed by atoms with van der Waals surface area (Å²) in [5.41, 5.74) is 8.17. The van der Waals surface area contributed by atoms with Gasteiger partial charge in [0.15, 0.2) is 0 Å². The zero-order valence-corrected chi connectivity index (χ0v) is 12.0. The zero-order valence-electron chi connectivity index (χ0n) is 11.2. The highest BCUT2D eigenvalue weighted by Crippen LogP contribution is 2.35. The van der Waals surface area contributed by atoms with Crippen molar-refractivity contribution in [3.05, 3.63) is 23.8 Å². The molecule has 1 aromatic rings. The van der Waals surface area contributed by atoms with Gasteiger partial charge >= 0.3 is 0 Å². The highest BCUT2D eigenvalue weighted by molar-refractivity contribution is 7.80. The van der Waals surface area contributed by atoms with Crippen LogP contribution in [-0.4, -0.2) is 25.2 Å². The number of ether oxygens (including phenoxy) is 1. The molecule has 98 valence electrons. The van der Waals surface area contributed by atoms with Gasteiger partial charge in [-0.05, 0) is 24.0 Å². The maximum absolute atomic E-state index is 5.81. The third-order valence-electron chi connectivity index (χ3n) is 3.49. The number of rotatable bonds is 3. The first-order chi connectivity index (χ1) is 8.43. The summed E-state index contributed by atoms with van der Waals surface area (Å²) < 4.78 is 5.29. The molecule has 2 N–H and O–H groups in total. The molecule has 1 aromatic carbocycles. The summed E-state index contributed by atoms with van der Waals surface area (Å²) in [5.74, 6) is 0.842. The van der Waals surface area contributed by atoms with Gasteiger partial charge in [0.1, 0.15) is 10.7 Å². The first-order valence-electron chi connectivity index (χ1n) is 6.16. The summed E-state index contributed by atoms with van der Waals surface area (Å²) in [6, 6.07) is 5.87. The van der Waals surface area contributed by atoms with E-state index in [0.717, 1.165) is 30.1 Å². The lowest BCUT2D eigenvalue weighted by atomic mass is 9.93. The van der Waals surface area contributed by atoms with Gasteiger partial charge in [-0.2, -0.15) is 0 Å². The van der Waals surface area contributed by atoms with E-state index >= 15 is 0 Å². The predicted octanol–water partition coefficient (Wildman–Crippen LogP) is 2.57. The van der Waals surface area contributed by atoms with Crippen LogP contribution in [0.5, 0.6) is 5.75 Å². The van der Waals surface area contributed by atoms with E-state index in [4.69, 9.17) is 22.7 Å². The molecule has 0 bridgehead atoms. The predicted molar refractivity (Wildman–Crippen MR) is 79.5 cm³/mol. The number of hydrogen-bond donors (Lipinski definition) is 1. The summed E-state index contributed by atoms with van der Waals surface area (Å²) in [7, 11) is 1.67. The first kappa shape index (κ1) is 13.1. The van der Waals surface area contributed by atoms with E-state index in [0.29, 0.717) is 10.4 Å². The molecule has 0 aromatic heterocycles. The fourth-order valence-corrected chi connectivity index (χ4v) is 2.60. The number of nitrogens with two attached hydrogens (primary N) is 1. The molecule has 0 radical (unpaired) electrons. The van der Waals surface area contributed by atoms with Crippen LogP contribution in [0.3, 0.4) is 0 Å². The number of nitrogens with zero attached hydrogens (tertiary/aromatic N) is 1. The van der Waals surface area contributed by atoms with Gasteiger partial charge in [-0.1, -0.05) is 26.1 Å². The normalized spacial score (nSPS) is 17.8. The molecule has 4 heteroatoms. The molecule has 18 heavy (non-hydrogen) atoms. The Morgan fingerprint density at radius 1 is 1.44 bits per heavy atom. The van der Waals surface area contributed by atoms with Gasteiger partial charge in [-0.3, -0.25) is 0 Å². The van der Waals surface area contributed by atoms with E-state index in [2.05, 4.69) is 18.7 Å². The number of thiocarbonyl (C=S) groups is 1. The van der Waals surface area contributed by atoms with Crippen LogP contribution in [0, 0.1) is 5.41 Å². The smallest absolute Gasteiger partial charge is 0.120 e. The highest BCUT2D eigenvalue weighted by Gasteiger charge is 2.30. The SMILES string of the molecule is COc1ccc(C(N)=S)c(N2CCC(C)(C)C2)c1. The quantitative estimate of drug-likeness (QED) is 0.852. The number of benzene rings is 1. The fourth-order valence-electron chi connectivity index (χ4n) is 2.43. The summed E-state index contributed by atoms with van der Waals surface area (Å²) in [5, 5.41) is 0. The molecule has 1 fully saturated rings. The van der Waals surface area contributed by atoms with Gasteiger partial charge in [-0.25, -0.2) is 0 Å². The summed E-state index contributed by atoms with van der Waals surface area (Å²) in [6.07, 6.45) is 1.18. The molecule has 3 nitrogen and oxygen atoms in total. The molecule has 0 unspecified atom stereocenters. The van der Waals surface area contributed by atoms with Crippen LogP contribution in [0.1, 0.15) is 25.8 Å². The highest BCUT2D eigenvalue weighted by atomic mass is 32.1. The lowest BCUT2D eigenvalue weighted by Gasteiger charge is -2.24. The van der Waals surface area contributed by atoms with Gasteiger partial charge in [0.05, 0.1) is 12.8 Å². The Labute approximate surface area is 114 Å². The minimum atomic E-state index is 0.344. The molecule has 0 amide bonds. The van der Waals surface area contributed by atoms with Gasteiger partial charge in [0.2, 0.25) is 0 Å². The molecule has 1 saturated heterocycles. The largest absolute Gasteiger partial charge is 0.497 e. The Balaban J connectivity index is 2.38. The fraction of sp³-hybridized carbons (Fsp3) is 0.500. The second-order valence-electron chi connectivity index (χ2n) is 5.58. The van der Waals surface area contributed by atoms with E-state index < -0.39 is 0 Å². The van der Waals surface area contributed by atoms with Crippen molar-refractivity contribution in [2.45, 2.75) is 20.3 Å². The lowest BCUT2D eigenvalue weighted by molar-refractivity contribution is 0.413. The van der Waals surface area contributed by atoms with E-state index in [1.165, 1.54) is 6.42 Å². The van der Waals surface area contributed by atoms with Crippen molar-refractivity contribution in [1.29, 1.82) is 0 Å². The van der Waals surface area contributed by atoms with Crippen LogP contribution in [0.2, 0.25) is 0 Å². The average molecular weight is 264 g/mol. The van der Waals surface area contributed by atoms with E-state index in [1.807, 2.05) is 18.2 Å². The number of anilines is 1. The first-order valence-corrected chi connectivity index (χ1v) is 6.56. The molecule has 0 atom stereocenters. The van der Waals surface area contributed by atoms with Crippen molar-refractivity contribution in [1.82, 2.24) is 0 Å². The monoisotopic (exact) mass is 264 g/mol. The van der Waals surface area contributed by atoms with Crippen LogP contribution in [0.4, 0.5) is 5.69 Å². The Kier molecular flexibility index (Phi) is 3.48. The molecular weight excluding hydrogens is 244 g/mol. The van der Waals surface area contributed by atoms with Crippen molar-refractivity contribution < 1.29 is 4.74 Å². The maximum Gasteiger partial charge on any atom is 0.120 e. The Hall–Kier alpha value is -1.29. The third kappa shape index (κ3) is 2.58. The number of hydrogen-bond acceptors (Lipinski definition) is 3. The summed E-state index contributed by atoms with van der Waals surface area (Å²) >= 11 is 5.13. The number of methoxy groups -OCH3 is 1. The van der Waals surface area contributed by atoms with Crippen LogP contribution in [-0.2, 0) is 0 Å². The molecule has 0 spiro atoms. The molecule has 1 aliphatic heterocycles. The Morgan fingerprint density at radius 3 is 2.67 bits per heavy atom. The lowest BCUT2D eigenvalue weighted by Crippen LogP contribution is -2.25. The van der Waals surface area contributed by atoms with Crippen LogP contribution >= 0.6 is 12.2 Å². The standard InChI is InChI=1S/C14H20N2OS/c1-14(2)6-7-16(9-14)12-8-10(17-3)4-5-11(12)13(15)18/h4-5,8H,6-7,9H2,1-3H3,(H2,15,18). The van der Waals surface area contributed by atoms with E-state index in [-0.39, 0.29) is 0 Å². The minimum absolute atomic E-state index is 0.344. The van der Waals surface area contributed by atoms with Crippen molar-refractivity contribution in [2.75, 3.05) is 25.1 Å². The van der Waals surface area contributed by atoms with Crippen LogP contribution in [0.15, 0.2) is 18.2 Å². The van der Waals surface area contributed by atoms with Crippen molar-refractivity contribution in [3.63, 3.8) is 0 Å². The summed E-state index contributed by atoms with van der Waals surface area (Å²) in [6.45, 7) is 6.63. The van der Waals surface area contributed by atoms with Crippen LogP contribution < -0.4 is 15.4 Å². The Morgan fingerprint density at radius 2 is 2.17 bits per heavy atom. The van der Waals surface area contributed by atoms with Crippen molar-refractivity contribution in [2.24, 2.45) is 11.1 Å². The van der Waals surface area contributed by atoms with Crippen LogP contribution in [0.25, 0.3) is 0 Å². The minimum Gasteiger partial charge on any atom is -0.497 e. The van der Waals surface area contributed by atoms with Gasteiger partial charge < -0.3 is 15.4 Å². The van der Waals surface area contributed by atoms with E-state index in [9.17, 15) is 0 Å². The molecule has 0 saturated carbocycles. The second-order valence-corrected chi connectivity index (χ2v) is 6.02. The topological polar surface area (TPSA) is 38.5 Å². The molecule has 0 aliphatic carbocycles. The average Bonchev–Trinajstić information content (AvgIpc) is 2.68. The summed E-state index contributed by atoms with van der Waals surface area (Å²) in [4.78, 5) is 2.79. The Bertz CT molecular complexity index is 471. The second kappa shape index (κ2) is 4.76. The molecule has 2 rings (SSSR count). The molecule has 1 aliphatic rings. The molecular formula is C14H20N2OS. The van der Waals surface area contributed by atoms with E-state index in [1.54, 1.807) is 7.11 Å². The van der Waals surface area contributed by atoms with Gasteiger partial charge in [-0.15, -0.1) is 0 Å². The van der Waals surface area contributed by atoms with Gasteiger partial charge in [0.25, 0.3) is 0 Å². The third-order valence-corrected chi connectivity index (χ3v) is 3.71. The maximum atomic E-state index is 5.81.